The van der Waals surface area contributed by atoms with Crippen molar-refractivity contribution in [1.82, 2.24) is 0 Å². The van der Waals surface area contributed by atoms with Gasteiger partial charge >= 0.3 is 0 Å². The van der Waals surface area contributed by atoms with Crippen molar-refractivity contribution in [3.05, 3.63) is 46.5 Å². The second kappa shape index (κ2) is 7.10. The molecule has 4 nitrogen and oxygen atoms in total. The summed E-state index contributed by atoms with van der Waals surface area (Å²) in [6, 6.07) is 7.20. The zero-order valence-electron chi connectivity index (χ0n) is 13.9. The van der Waals surface area contributed by atoms with Crippen LogP contribution in [-0.2, 0) is 0 Å². The zero-order chi connectivity index (χ0) is 17.1. The van der Waals surface area contributed by atoms with Crippen LogP contribution in [0.2, 0.25) is 0 Å². The molecule has 0 saturated carbocycles. The number of benzene rings is 2. The molecule has 0 amide bonds. The number of hydrogen-bond acceptors (Lipinski definition) is 4. The molecule has 0 saturated heterocycles. The molecule has 2 aromatic rings. The van der Waals surface area contributed by atoms with Gasteiger partial charge in [-0.15, -0.1) is 9.24 Å². The fraction of sp³-hybridized carbons (Fsp3) is 0.333. The Hall–Kier alpha value is -1.93. The van der Waals surface area contributed by atoms with Gasteiger partial charge in [0.05, 0.1) is 14.2 Å². The quantitative estimate of drug-likeness (QED) is 0.818. The summed E-state index contributed by atoms with van der Waals surface area (Å²) in [6.07, 6.45) is 0.639. The fourth-order valence-electron chi connectivity index (χ4n) is 2.73. The number of methoxy groups -OCH3 is 2. The first-order valence-corrected chi connectivity index (χ1v) is 8.19. The molecule has 1 unspecified atom stereocenters. The lowest BCUT2D eigenvalue weighted by molar-refractivity contribution is 0.406. The van der Waals surface area contributed by atoms with Crippen LogP contribution in [-0.4, -0.2) is 30.6 Å². The molecule has 5 heteroatoms. The molecule has 0 fully saturated rings. The summed E-state index contributed by atoms with van der Waals surface area (Å²) in [4.78, 5) is 0. The van der Waals surface area contributed by atoms with Crippen LogP contribution in [0.1, 0.15) is 28.2 Å². The van der Waals surface area contributed by atoms with Crippen LogP contribution in [0.4, 0.5) is 0 Å². The minimum absolute atomic E-state index is 0.192. The Labute approximate surface area is 139 Å². The molecular formula is C18H23O4P. The standard InChI is InChI=1S/C18H23O4P/c1-10-5-12(21-3)7-14(17(10)19)16(9-23)15-8-13(22-4)6-11(2)18(15)20/h5-8,16,19-20H,9,23H2,1-4H3. The molecule has 0 aliphatic carbocycles. The van der Waals surface area contributed by atoms with Crippen LogP contribution in [0.3, 0.4) is 0 Å². The third kappa shape index (κ3) is 3.37. The molecule has 2 aromatic carbocycles. The molecule has 0 aromatic heterocycles. The minimum Gasteiger partial charge on any atom is -0.507 e. The lowest BCUT2D eigenvalue weighted by Crippen LogP contribution is -2.06. The van der Waals surface area contributed by atoms with Gasteiger partial charge in [0.25, 0.3) is 0 Å². The lowest BCUT2D eigenvalue weighted by Gasteiger charge is -2.22. The van der Waals surface area contributed by atoms with Crippen molar-refractivity contribution in [3.63, 3.8) is 0 Å². The van der Waals surface area contributed by atoms with E-state index in [0.717, 1.165) is 22.3 Å². The van der Waals surface area contributed by atoms with E-state index in [1.165, 1.54) is 0 Å². The molecule has 0 bridgehead atoms. The van der Waals surface area contributed by atoms with E-state index in [2.05, 4.69) is 9.24 Å². The molecule has 0 aliphatic rings. The van der Waals surface area contributed by atoms with Gasteiger partial charge in [-0.1, -0.05) is 0 Å². The largest absolute Gasteiger partial charge is 0.507 e. The van der Waals surface area contributed by atoms with E-state index < -0.39 is 0 Å². The normalized spacial score (nSPS) is 10.9. The summed E-state index contributed by atoms with van der Waals surface area (Å²) in [5.41, 5.74) is 2.92. The van der Waals surface area contributed by atoms with Crippen LogP contribution >= 0.6 is 9.24 Å². The van der Waals surface area contributed by atoms with Crippen molar-refractivity contribution in [2.45, 2.75) is 19.8 Å². The number of hydrogen-bond donors (Lipinski definition) is 2. The van der Waals surface area contributed by atoms with Crippen LogP contribution in [0, 0.1) is 13.8 Å². The van der Waals surface area contributed by atoms with Gasteiger partial charge in [0.15, 0.2) is 0 Å². The van der Waals surface area contributed by atoms with Gasteiger partial charge in [0.2, 0.25) is 0 Å². The highest BCUT2D eigenvalue weighted by Gasteiger charge is 2.23. The van der Waals surface area contributed by atoms with Crippen molar-refractivity contribution >= 4 is 9.24 Å². The molecule has 2 N–H and O–H groups in total. The molecular weight excluding hydrogens is 311 g/mol. The smallest absolute Gasteiger partial charge is 0.122 e. The van der Waals surface area contributed by atoms with E-state index in [9.17, 15) is 10.2 Å². The maximum absolute atomic E-state index is 10.5. The summed E-state index contributed by atoms with van der Waals surface area (Å²) >= 11 is 0. The first kappa shape index (κ1) is 17.4. The van der Waals surface area contributed by atoms with Crippen molar-refractivity contribution in [3.8, 4) is 23.0 Å². The van der Waals surface area contributed by atoms with Crippen LogP contribution in [0.15, 0.2) is 24.3 Å². The summed E-state index contributed by atoms with van der Waals surface area (Å²) in [5.74, 6) is 1.61. The molecule has 2 rings (SSSR count). The van der Waals surface area contributed by atoms with E-state index in [-0.39, 0.29) is 17.4 Å². The van der Waals surface area contributed by atoms with Gasteiger partial charge in [-0.25, -0.2) is 0 Å². The second-order valence-electron chi connectivity index (χ2n) is 5.55. The lowest BCUT2D eigenvalue weighted by atomic mass is 9.89. The summed E-state index contributed by atoms with van der Waals surface area (Å²) in [5, 5.41) is 21.0. The Morgan fingerprint density at radius 2 is 1.26 bits per heavy atom. The van der Waals surface area contributed by atoms with Gasteiger partial charge in [-0.05, 0) is 55.4 Å². The maximum Gasteiger partial charge on any atom is 0.122 e. The van der Waals surface area contributed by atoms with E-state index in [1.807, 2.05) is 26.0 Å². The molecule has 0 aliphatic heterocycles. The number of phenols is 2. The Morgan fingerprint density at radius 1 is 0.870 bits per heavy atom. The van der Waals surface area contributed by atoms with E-state index >= 15 is 0 Å². The van der Waals surface area contributed by atoms with Crippen LogP contribution in [0.5, 0.6) is 23.0 Å². The Balaban J connectivity index is 2.66. The first-order valence-electron chi connectivity index (χ1n) is 7.38. The number of aryl methyl sites for hydroxylation is 2. The Morgan fingerprint density at radius 3 is 1.57 bits per heavy atom. The fourth-order valence-corrected chi connectivity index (χ4v) is 3.24. The highest BCUT2D eigenvalue weighted by atomic mass is 31.0. The second-order valence-corrected chi connectivity index (χ2v) is 6.02. The average molecular weight is 334 g/mol. The third-order valence-corrected chi connectivity index (χ3v) is 4.54. The summed E-state index contributed by atoms with van der Waals surface area (Å²) in [7, 11) is 5.87. The van der Waals surface area contributed by atoms with E-state index in [1.54, 1.807) is 26.4 Å². The van der Waals surface area contributed by atoms with Crippen LogP contribution < -0.4 is 9.47 Å². The van der Waals surface area contributed by atoms with Crippen molar-refractivity contribution < 1.29 is 19.7 Å². The first-order chi connectivity index (χ1) is 10.9. The predicted molar refractivity (Wildman–Crippen MR) is 95.2 cm³/mol. The van der Waals surface area contributed by atoms with Gasteiger partial charge in [0.1, 0.15) is 23.0 Å². The van der Waals surface area contributed by atoms with Crippen LogP contribution in [0.25, 0.3) is 0 Å². The Kier molecular flexibility index (Phi) is 5.38. The van der Waals surface area contributed by atoms with Crippen molar-refractivity contribution in [2.75, 3.05) is 20.4 Å². The third-order valence-electron chi connectivity index (χ3n) is 4.06. The molecule has 0 heterocycles. The average Bonchev–Trinajstić information content (AvgIpc) is 2.55. The molecule has 124 valence electrons. The zero-order valence-corrected chi connectivity index (χ0v) is 15.0. The van der Waals surface area contributed by atoms with Crippen molar-refractivity contribution in [2.24, 2.45) is 0 Å². The number of ether oxygens (including phenoxy) is 2. The minimum atomic E-state index is -0.192. The topological polar surface area (TPSA) is 58.9 Å². The van der Waals surface area contributed by atoms with E-state index in [0.29, 0.717) is 17.7 Å². The van der Waals surface area contributed by atoms with Crippen molar-refractivity contribution in [1.29, 1.82) is 0 Å². The molecule has 0 radical (unpaired) electrons. The van der Waals surface area contributed by atoms with Gasteiger partial charge in [-0.3, -0.25) is 0 Å². The number of aromatic hydroxyl groups is 2. The van der Waals surface area contributed by atoms with Gasteiger partial charge in [0, 0.05) is 17.0 Å². The number of phenolic OH excluding ortho intramolecular Hbond substituents is 2. The van der Waals surface area contributed by atoms with E-state index in [4.69, 9.17) is 9.47 Å². The highest BCUT2D eigenvalue weighted by Crippen LogP contribution is 2.42. The predicted octanol–water partition coefficient (Wildman–Crippen LogP) is 3.74. The summed E-state index contributed by atoms with van der Waals surface area (Å²) in [6.45, 7) is 3.66. The Bertz CT molecular complexity index is 653. The SMILES string of the molecule is COc1cc(C)c(O)c(C(CP)c2cc(OC)cc(C)c2O)c1. The number of rotatable bonds is 5. The summed E-state index contributed by atoms with van der Waals surface area (Å²) < 4.78 is 10.6. The van der Waals surface area contributed by atoms with Gasteiger partial charge in [-0.2, -0.15) is 0 Å². The molecule has 23 heavy (non-hydrogen) atoms. The monoisotopic (exact) mass is 334 g/mol. The molecule has 1 atom stereocenters. The van der Waals surface area contributed by atoms with Gasteiger partial charge < -0.3 is 19.7 Å². The molecule has 0 spiro atoms. The highest BCUT2D eigenvalue weighted by molar-refractivity contribution is 7.16. The maximum atomic E-state index is 10.5.